The minimum absolute atomic E-state index is 0.0202. The van der Waals surface area contributed by atoms with Gasteiger partial charge in [-0.3, -0.25) is 4.79 Å². The second-order valence-electron chi connectivity index (χ2n) is 14.5. The molecular formula is C30H48O3. The molecule has 0 aromatic heterocycles. The van der Waals surface area contributed by atoms with Gasteiger partial charge >= 0.3 is 5.97 Å². The monoisotopic (exact) mass is 456 g/mol. The van der Waals surface area contributed by atoms with Crippen LogP contribution in [0.5, 0.6) is 0 Å². The predicted molar refractivity (Wildman–Crippen MR) is 133 cm³/mol. The largest absolute Gasteiger partial charge is 0.481 e. The molecule has 0 spiro atoms. The number of aliphatic hydroxyl groups excluding tert-OH is 1. The maximum Gasteiger partial charge on any atom is 0.309 e. The molecule has 186 valence electrons. The second-order valence-corrected chi connectivity index (χ2v) is 14.5. The van der Waals surface area contributed by atoms with E-state index in [2.05, 4.69) is 48.1 Å². The predicted octanol–water partition coefficient (Wildman–Crippen LogP) is 7.09. The smallest absolute Gasteiger partial charge is 0.309 e. The molecule has 0 saturated heterocycles. The Kier molecular flexibility index (Phi) is 5.15. The van der Waals surface area contributed by atoms with Gasteiger partial charge in [-0.1, -0.05) is 46.8 Å². The molecule has 0 amide bonds. The van der Waals surface area contributed by atoms with Gasteiger partial charge in [-0.25, -0.2) is 0 Å². The van der Waals surface area contributed by atoms with Gasteiger partial charge in [-0.05, 0) is 122 Å². The van der Waals surface area contributed by atoms with Crippen LogP contribution in [0.3, 0.4) is 0 Å². The van der Waals surface area contributed by atoms with Gasteiger partial charge in [0.25, 0.3) is 0 Å². The van der Waals surface area contributed by atoms with Crippen molar-refractivity contribution < 1.29 is 15.0 Å². The van der Waals surface area contributed by atoms with Gasteiger partial charge in [0.2, 0.25) is 0 Å². The Bertz CT molecular complexity index is 861. The molecule has 5 rings (SSSR count). The van der Waals surface area contributed by atoms with Crippen molar-refractivity contribution in [2.45, 2.75) is 112 Å². The maximum absolute atomic E-state index is 12.8. The van der Waals surface area contributed by atoms with E-state index in [1.165, 1.54) is 31.3 Å². The molecule has 0 aliphatic heterocycles. The SMILES string of the molecule is C=C(C)[C@@H]1CC[C@]2(C(=O)O)CC[C@]3(C)[C@@H](CC[C@@H]4[C@]5(C)CC[C@H](O)C(C)(C)[C@@H]5CC[C@]43C)[C@H]12. The zero-order chi connectivity index (χ0) is 24.2. The van der Waals surface area contributed by atoms with E-state index in [-0.39, 0.29) is 33.7 Å². The Balaban J connectivity index is 1.57. The minimum Gasteiger partial charge on any atom is -0.481 e. The van der Waals surface area contributed by atoms with Gasteiger partial charge in [-0.2, -0.15) is 0 Å². The molecule has 0 aromatic rings. The molecule has 5 fully saturated rings. The number of aliphatic carboxylic acids is 1. The molecule has 0 unspecified atom stereocenters. The Morgan fingerprint density at radius 3 is 2.15 bits per heavy atom. The fraction of sp³-hybridized carbons (Fsp3) is 0.900. The first-order valence-electron chi connectivity index (χ1n) is 13.8. The lowest BCUT2D eigenvalue weighted by molar-refractivity contribution is -0.248. The van der Waals surface area contributed by atoms with Crippen LogP contribution in [0, 0.1) is 56.7 Å². The van der Waals surface area contributed by atoms with E-state index in [0.29, 0.717) is 23.7 Å². The number of hydrogen-bond donors (Lipinski definition) is 2. The third-order valence-corrected chi connectivity index (χ3v) is 13.5. The highest BCUT2D eigenvalue weighted by Gasteiger charge is 2.71. The van der Waals surface area contributed by atoms with Crippen LogP contribution in [-0.4, -0.2) is 22.3 Å². The molecule has 0 heterocycles. The summed E-state index contributed by atoms with van der Waals surface area (Å²) < 4.78 is 0. The summed E-state index contributed by atoms with van der Waals surface area (Å²) >= 11 is 0. The van der Waals surface area contributed by atoms with E-state index in [4.69, 9.17) is 0 Å². The van der Waals surface area contributed by atoms with E-state index in [0.717, 1.165) is 38.5 Å². The molecule has 3 nitrogen and oxygen atoms in total. The average molecular weight is 457 g/mol. The molecule has 33 heavy (non-hydrogen) atoms. The number of aliphatic hydroxyl groups is 1. The number of fused-ring (bicyclic) bond motifs is 7. The van der Waals surface area contributed by atoms with Gasteiger partial charge in [0.1, 0.15) is 0 Å². The first-order valence-corrected chi connectivity index (χ1v) is 13.8. The van der Waals surface area contributed by atoms with Crippen LogP contribution in [0.4, 0.5) is 0 Å². The fourth-order valence-electron chi connectivity index (χ4n) is 11.5. The third kappa shape index (κ3) is 2.75. The molecule has 2 N–H and O–H groups in total. The number of rotatable bonds is 2. The van der Waals surface area contributed by atoms with Crippen LogP contribution < -0.4 is 0 Å². The Morgan fingerprint density at radius 2 is 1.52 bits per heavy atom. The van der Waals surface area contributed by atoms with Crippen molar-refractivity contribution in [3.63, 3.8) is 0 Å². The second kappa shape index (κ2) is 7.11. The molecule has 5 aliphatic carbocycles. The lowest BCUT2D eigenvalue weighted by Crippen LogP contribution is -2.67. The normalized spacial score (nSPS) is 55.0. The third-order valence-electron chi connectivity index (χ3n) is 13.5. The summed E-state index contributed by atoms with van der Waals surface area (Å²) in [6.45, 7) is 18.8. The quantitative estimate of drug-likeness (QED) is 0.436. The molecule has 10 atom stereocenters. The van der Waals surface area contributed by atoms with Crippen molar-refractivity contribution in [3.8, 4) is 0 Å². The number of carboxylic acid groups (broad SMARTS) is 1. The van der Waals surface area contributed by atoms with E-state index < -0.39 is 11.4 Å². The highest BCUT2D eigenvalue weighted by atomic mass is 16.4. The molecule has 3 heteroatoms. The van der Waals surface area contributed by atoms with Gasteiger partial charge in [0, 0.05) is 0 Å². The number of carboxylic acids is 1. The zero-order valence-electron chi connectivity index (χ0n) is 22.0. The highest BCUT2D eigenvalue weighted by Crippen LogP contribution is 2.77. The molecule has 5 aliphatic rings. The van der Waals surface area contributed by atoms with E-state index in [9.17, 15) is 15.0 Å². The molecule has 0 aromatic carbocycles. The number of carbonyl (C=O) groups is 1. The molecule has 5 saturated carbocycles. The van der Waals surface area contributed by atoms with Gasteiger partial charge in [0.05, 0.1) is 11.5 Å². The Labute approximate surface area is 201 Å². The first kappa shape index (κ1) is 23.9. The lowest BCUT2D eigenvalue weighted by Gasteiger charge is -2.72. The summed E-state index contributed by atoms with van der Waals surface area (Å²) in [6, 6.07) is 0. The van der Waals surface area contributed by atoms with Gasteiger partial charge < -0.3 is 10.2 Å². The summed E-state index contributed by atoms with van der Waals surface area (Å²) in [4.78, 5) is 12.8. The molecule has 0 bridgehead atoms. The first-order chi connectivity index (χ1) is 15.3. The summed E-state index contributed by atoms with van der Waals surface area (Å²) in [5.74, 6) is 1.79. The number of hydrogen-bond acceptors (Lipinski definition) is 2. The van der Waals surface area contributed by atoms with Crippen LogP contribution >= 0.6 is 0 Å². The van der Waals surface area contributed by atoms with E-state index in [1.807, 2.05) is 0 Å². The van der Waals surface area contributed by atoms with Crippen molar-refractivity contribution in [1.29, 1.82) is 0 Å². The standard InChI is InChI=1S/C30H48O3/c1-18(2)19-10-15-30(25(32)33)17-16-28(6)20(24(19)30)8-9-22-27(5)13-12-23(31)26(3,4)21(27)11-14-29(22,28)7/h19-24,31H,1,8-17H2,2-7H3,(H,32,33)/t19-,20-,21-,22+,23-,24-,27+,28+,29+,30-/m0/s1. The van der Waals surface area contributed by atoms with Crippen LogP contribution in [0.2, 0.25) is 0 Å². The van der Waals surface area contributed by atoms with Crippen molar-refractivity contribution >= 4 is 5.97 Å². The van der Waals surface area contributed by atoms with Crippen molar-refractivity contribution in [2.75, 3.05) is 0 Å². The van der Waals surface area contributed by atoms with Gasteiger partial charge in [0.15, 0.2) is 0 Å². The minimum atomic E-state index is -0.538. The Hall–Kier alpha value is -0.830. The van der Waals surface area contributed by atoms with Crippen LogP contribution in [0.1, 0.15) is 106 Å². The summed E-state index contributed by atoms with van der Waals surface area (Å²) in [5, 5.41) is 21.4. The van der Waals surface area contributed by atoms with Crippen molar-refractivity contribution in [1.82, 2.24) is 0 Å². The topological polar surface area (TPSA) is 57.5 Å². The zero-order valence-corrected chi connectivity index (χ0v) is 22.0. The van der Waals surface area contributed by atoms with Crippen molar-refractivity contribution in [3.05, 3.63) is 12.2 Å². The van der Waals surface area contributed by atoms with Crippen LogP contribution in [-0.2, 0) is 4.79 Å². The van der Waals surface area contributed by atoms with Crippen LogP contribution in [0.15, 0.2) is 12.2 Å². The Morgan fingerprint density at radius 1 is 0.818 bits per heavy atom. The van der Waals surface area contributed by atoms with E-state index >= 15 is 0 Å². The highest BCUT2D eigenvalue weighted by molar-refractivity contribution is 5.76. The molecular weight excluding hydrogens is 408 g/mol. The number of allylic oxidation sites excluding steroid dienone is 1. The summed E-state index contributed by atoms with van der Waals surface area (Å²) in [6.07, 6.45) is 10.5. The lowest BCUT2D eigenvalue weighted by atomic mass is 9.32. The van der Waals surface area contributed by atoms with Crippen molar-refractivity contribution in [2.24, 2.45) is 56.7 Å². The fourth-order valence-corrected chi connectivity index (χ4v) is 11.5. The molecule has 0 radical (unpaired) electrons. The summed E-state index contributed by atoms with van der Waals surface area (Å²) in [7, 11) is 0. The summed E-state index contributed by atoms with van der Waals surface area (Å²) in [5.41, 5.74) is 1.35. The van der Waals surface area contributed by atoms with E-state index in [1.54, 1.807) is 0 Å². The average Bonchev–Trinajstić information content (AvgIpc) is 3.13. The maximum atomic E-state index is 12.8. The van der Waals surface area contributed by atoms with Gasteiger partial charge in [-0.15, -0.1) is 0 Å². The van der Waals surface area contributed by atoms with Crippen LogP contribution in [0.25, 0.3) is 0 Å².